The minimum atomic E-state index is -0.498. The molecule has 0 saturated heterocycles. The van der Waals surface area contributed by atoms with E-state index in [2.05, 4.69) is 11.4 Å². The predicted molar refractivity (Wildman–Crippen MR) is 153 cm³/mol. The van der Waals surface area contributed by atoms with Crippen molar-refractivity contribution < 1.29 is 14.3 Å². The first-order valence-corrected chi connectivity index (χ1v) is 13.0. The third-order valence-corrected chi connectivity index (χ3v) is 7.20. The Balaban J connectivity index is 1.77. The Kier molecular flexibility index (Phi) is 8.35. The highest BCUT2D eigenvalue weighted by atomic mass is 32.2. The molecule has 0 spiro atoms. The van der Waals surface area contributed by atoms with Crippen molar-refractivity contribution >= 4 is 23.4 Å². The van der Waals surface area contributed by atoms with Gasteiger partial charge in [-0.1, -0.05) is 65.4 Å². The number of hydrogen-bond donors (Lipinski definition) is 1. The highest BCUT2D eigenvalue weighted by Gasteiger charge is 2.22. The van der Waals surface area contributed by atoms with E-state index in [0.29, 0.717) is 33.3 Å². The van der Waals surface area contributed by atoms with Crippen LogP contribution in [0.3, 0.4) is 0 Å². The molecule has 6 nitrogen and oxygen atoms in total. The molecule has 0 aliphatic rings. The summed E-state index contributed by atoms with van der Waals surface area (Å²) in [5, 5.41) is 13.2. The maximum atomic E-state index is 13.0. The van der Waals surface area contributed by atoms with Crippen molar-refractivity contribution in [2.24, 2.45) is 0 Å². The summed E-state index contributed by atoms with van der Waals surface area (Å²) in [4.78, 5) is 17.9. The molecule has 0 radical (unpaired) electrons. The van der Waals surface area contributed by atoms with Gasteiger partial charge in [0.1, 0.15) is 11.1 Å². The number of rotatable bonds is 8. The molecule has 1 N–H and O–H groups in total. The number of hydrogen-bond acceptors (Lipinski definition) is 6. The Morgan fingerprint density at radius 3 is 2.11 bits per heavy atom. The van der Waals surface area contributed by atoms with Crippen LogP contribution >= 0.6 is 11.8 Å². The highest BCUT2D eigenvalue weighted by molar-refractivity contribution is 8.00. The van der Waals surface area contributed by atoms with Crippen molar-refractivity contribution in [3.63, 3.8) is 0 Å². The van der Waals surface area contributed by atoms with Gasteiger partial charge in [0.15, 0.2) is 11.5 Å². The Labute approximate surface area is 227 Å². The second-order valence-corrected chi connectivity index (χ2v) is 10.2. The fraction of sp³-hybridized carbons (Fsp3) is 0.194. The number of carbonyl (C=O) groups excluding carboxylic acids is 1. The molecule has 0 aliphatic carbocycles. The summed E-state index contributed by atoms with van der Waals surface area (Å²) in [5.74, 6) is 0.985. The normalized spacial score (nSPS) is 11.4. The number of amides is 1. The van der Waals surface area contributed by atoms with Gasteiger partial charge in [-0.2, -0.15) is 5.26 Å². The fourth-order valence-corrected chi connectivity index (χ4v) is 4.85. The van der Waals surface area contributed by atoms with Crippen LogP contribution in [0.1, 0.15) is 23.6 Å². The number of carbonyl (C=O) groups is 1. The number of aromatic nitrogens is 1. The lowest BCUT2D eigenvalue weighted by Crippen LogP contribution is -2.22. The van der Waals surface area contributed by atoms with E-state index < -0.39 is 5.25 Å². The topological polar surface area (TPSA) is 84.2 Å². The third kappa shape index (κ3) is 5.99. The summed E-state index contributed by atoms with van der Waals surface area (Å²) in [7, 11) is 3.16. The summed E-state index contributed by atoms with van der Waals surface area (Å²) in [6, 6.07) is 25.5. The van der Waals surface area contributed by atoms with Crippen LogP contribution < -0.4 is 14.8 Å². The first kappa shape index (κ1) is 26.8. The molecule has 1 amide bonds. The minimum absolute atomic E-state index is 0.169. The van der Waals surface area contributed by atoms with Crippen LogP contribution in [0.2, 0.25) is 0 Å². The van der Waals surface area contributed by atoms with Crippen molar-refractivity contribution in [2.75, 3.05) is 19.5 Å². The number of methoxy groups -OCH3 is 2. The molecule has 1 heterocycles. The lowest BCUT2D eigenvalue weighted by atomic mass is 9.98. The molecule has 4 aromatic rings. The van der Waals surface area contributed by atoms with Crippen molar-refractivity contribution in [3.8, 4) is 40.0 Å². The van der Waals surface area contributed by atoms with Crippen LogP contribution in [0.5, 0.6) is 11.5 Å². The van der Waals surface area contributed by atoms with Gasteiger partial charge in [0, 0.05) is 16.8 Å². The average Bonchev–Trinajstić information content (AvgIpc) is 2.93. The van der Waals surface area contributed by atoms with E-state index in [1.807, 2.05) is 93.6 Å². The maximum absolute atomic E-state index is 13.0. The summed E-state index contributed by atoms with van der Waals surface area (Å²) >= 11 is 1.26. The summed E-state index contributed by atoms with van der Waals surface area (Å²) < 4.78 is 10.9. The molecule has 0 bridgehead atoms. The van der Waals surface area contributed by atoms with Crippen molar-refractivity contribution in [2.45, 2.75) is 31.0 Å². The van der Waals surface area contributed by atoms with Crippen LogP contribution in [-0.4, -0.2) is 30.4 Å². The Bertz CT molecular complexity index is 1490. The largest absolute Gasteiger partial charge is 0.493 e. The van der Waals surface area contributed by atoms with E-state index in [4.69, 9.17) is 14.5 Å². The van der Waals surface area contributed by atoms with Gasteiger partial charge in [0.05, 0.1) is 30.7 Å². The third-order valence-electron chi connectivity index (χ3n) is 6.12. The average molecular weight is 524 g/mol. The molecule has 4 rings (SSSR count). The number of nitriles is 1. The van der Waals surface area contributed by atoms with Crippen molar-refractivity contribution in [1.82, 2.24) is 4.98 Å². The number of anilines is 1. The molecule has 0 aliphatic heterocycles. The first-order valence-electron chi connectivity index (χ1n) is 12.1. The lowest BCUT2D eigenvalue weighted by Gasteiger charge is -2.17. The zero-order chi connectivity index (χ0) is 27.2. The van der Waals surface area contributed by atoms with Crippen LogP contribution in [0.15, 0.2) is 77.8 Å². The zero-order valence-corrected chi connectivity index (χ0v) is 22.8. The fourth-order valence-electron chi connectivity index (χ4n) is 3.92. The molecule has 0 fully saturated rings. The van der Waals surface area contributed by atoms with Gasteiger partial charge in [-0.25, -0.2) is 4.98 Å². The van der Waals surface area contributed by atoms with Crippen LogP contribution in [-0.2, 0) is 4.79 Å². The second-order valence-electron chi connectivity index (χ2n) is 8.90. The number of ether oxygens (including phenoxy) is 2. The number of pyridine rings is 1. The zero-order valence-electron chi connectivity index (χ0n) is 22.0. The highest BCUT2D eigenvalue weighted by Crippen LogP contribution is 2.39. The smallest absolute Gasteiger partial charge is 0.237 e. The number of aryl methyl sites for hydroxylation is 2. The quantitative estimate of drug-likeness (QED) is 0.249. The molecular weight excluding hydrogens is 494 g/mol. The molecule has 3 aromatic carbocycles. The number of benzene rings is 3. The van der Waals surface area contributed by atoms with Crippen LogP contribution in [0.25, 0.3) is 22.4 Å². The van der Waals surface area contributed by atoms with Gasteiger partial charge in [-0.05, 0) is 56.7 Å². The molecule has 7 heteroatoms. The molecular formula is C31H29N3O3S. The maximum Gasteiger partial charge on any atom is 0.237 e. The Morgan fingerprint density at radius 1 is 0.895 bits per heavy atom. The van der Waals surface area contributed by atoms with E-state index in [9.17, 15) is 10.1 Å². The van der Waals surface area contributed by atoms with Crippen molar-refractivity contribution in [1.29, 1.82) is 5.26 Å². The van der Waals surface area contributed by atoms with Gasteiger partial charge in [-0.3, -0.25) is 4.79 Å². The lowest BCUT2D eigenvalue weighted by molar-refractivity contribution is -0.115. The van der Waals surface area contributed by atoms with E-state index in [-0.39, 0.29) is 5.91 Å². The number of nitrogens with zero attached hydrogens (tertiary/aromatic N) is 2. The second kappa shape index (κ2) is 11.8. The van der Waals surface area contributed by atoms with Crippen molar-refractivity contribution in [3.05, 3.63) is 89.5 Å². The van der Waals surface area contributed by atoms with E-state index in [1.165, 1.54) is 11.8 Å². The van der Waals surface area contributed by atoms with E-state index in [0.717, 1.165) is 27.9 Å². The van der Waals surface area contributed by atoms with Gasteiger partial charge < -0.3 is 14.8 Å². The van der Waals surface area contributed by atoms with Gasteiger partial charge in [0.25, 0.3) is 0 Å². The molecule has 192 valence electrons. The molecule has 1 atom stereocenters. The molecule has 1 unspecified atom stereocenters. The Morgan fingerprint density at radius 2 is 1.50 bits per heavy atom. The molecule has 1 aromatic heterocycles. The monoisotopic (exact) mass is 523 g/mol. The predicted octanol–water partition coefficient (Wildman–Crippen LogP) is 7.04. The summed E-state index contributed by atoms with van der Waals surface area (Å²) in [5.41, 5.74) is 6.49. The van der Waals surface area contributed by atoms with Crippen LogP contribution in [0, 0.1) is 25.2 Å². The molecule has 38 heavy (non-hydrogen) atoms. The molecule has 0 saturated carbocycles. The SMILES string of the molecule is COc1ccc(-c2cc(-c3ccc(C)cc3)nc(SC(C)C(=O)Nc3ccc(C)cc3)c2C#N)cc1OC. The first-order chi connectivity index (χ1) is 18.3. The van der Waals surface area contributed by atoms with Gasteiger partial charge in [0.2, 0.25) is 5.91 Å². The van der Waals surface area contributed by atoms with Gasteiger partial charge in [-0.15, -0.1) is 0 Å². The number of thioether (sulfide) groups is 1. The Hall–Kier alpha value is -4.28. The summed E-state index contributed by atoms with van der Waals surface area (Å²) in [6.45, 7) is 5.84. The van der Waals surface area contributed by atoms with E-state index in [1.54, 1.807) is 14.2 Å². The van der Waals surface area contributed by atoms with E-state index >= 15 is 0 Å². The minimum Gasteiger partial charge on any atom is -0.493 e. The van der Waals surface area contributed by atoms with Gasteiger partial charge >= 0.3 is 0 Å². The number of nitrogens with one attached hydrogen (secondary N) is 1. The van der Waals surface area contributed by atoms with Crippen LogP contribution in [0.4, 0.5) is 5.69 Å². The standard InChI is InChI=1S/C31H29N3O3S/c1-19-6-10-22(11-7-19)27-17-25(23-12-15-28(36-4)29(16-23)37-5)26(18-32)31(34-27)38-21(3)30(35)33-24-13-8-20(2)9-14-24/h6-17,21H,1-5H3,(H,33,35). The summed E-state index contributed by atoms with van der Waals surface area (Å²) in [6.07, 6.45) is 0.